The number of hydrogen-bond acceptors (Lipinski definition) is 2. The van der Waals surface area contributed by atoms with E-state index in [9.17, 15) is 4.79 Å². The molecule has 2 aromatic carbocycles. The van der Waals surface area contributed by atoms with Crippen LogP contribution in [0.15, 0.2) is 48.5 Å². The Balaban J connectivity index is 1.66. The molecule has 0 bridgehead atoms. The second-order valence-corrected chi connectivity index (χ2v) is 5.22. The number of fused-ring (bicyclic) bond motifs is 1. The van der Waals surface area contributed by atoms with Crippen LogP contribution in [0.25, 0.3) is 0 Å². The van der Waals surface area contributed by atoms with Crippen molar-refractivity contribution in [2.24, 2.45) is 0 Å². The number of carbonyl (C=O) groups is 1. The van der Waals surface area contributed by atoms with E-state index in [-0.39, 0.29) is 5.91 Å². The molecule has 3 heteroatoms. The quantitative estimate of drug-likeness (QED) is 0.926. The van der Waals surface area contributed by atoms with Gasteiger partial charge in [0.1, 0.15) is 0 Å². The highest BCUT2D eigenvalue weighted by Crippen LogP contribution is 2.26. The van der Waals surface area contributed by atoms with Crippen molar-refractivity contribution < 1.29 is 4.79 Å². The molecule has 102 valence electrons. The lowest BCUT2D eigenvalue weighted by Crippen LogP contribution is -2.31. The Morgan fingerprint density at radius 2 is 2.05 bits per heavy atom. The van der Waals surface area contributed by atoms with Crippen LogP contribution < -0.4 is 10.2 Å². The first-order valence-corrected chi connectivity index (χ1v) is 6.92. The zero-order chi connectivity index (χ0) is 13.9. The maximum Gasteiger partial charge on any atom is 0.243 e. The zero-order valence-electron chi connectivity index (χ0n) is 11.6. The topological polar surface area (TPSA) is 32.3 Å². The van der Waals surface area contributed by atoms with Gasteiger partial charge in [0.15, 0.2) is 0 Å². The van der Waals surface area contributed by atoms with Crippen LogP contribution in [0.2, 0.25) is 0 Å². The Morgan fingerprint density at radius 3 is 2.90 bits per heavy atom. The fourth-order valence-corrected chi connectivity index (χ4v) is 2.67. The third-order valence-electron chi connectivity index (χ3n) is 3.62. The minimum Gasteiger partial charge on any atom is -0.362 e. The lowest BCUT2D eigenvalue weighted by Gasteiger charge is -2.18. The number of nitrogens with one attached hydrogen (secondary N) is 1. The molecule has 1 N–H and O–H groups in total. The highest BCUT2D eigenvalue weighted by molar-refractivity contribution is 5.94. The third-order valence-corrected chi connectivity index (χ3v) is 3.62. The summed E-state index contributed by atoms with van der Waals surface area (Å²) in [6.07, 6.45) is 1.02. The predicted molar refractivity (Wildman–Crippen MR) is 82.2 cm³/mol. The number of para-hydroxylation sites is 1. The standard InChI is InChI=1S/C17H18N2O/c1-13-5-4-7-15(11-13)18-17(20)12-19-10-9-14-6-2-3-8-16(14)19/h2-8,11H,9-10,12H2,1H3,(H,18,20). The van der Waals surface area contributed by atoms with E-state index < -0.39 is 0 Å². The fourth-order valence-electron chi connectivity index (χ4n) is 2.67. The third kappa shape index (κ3) is 2.67. The second kappa shape index (κ2) is 5.37. The minimum atomic E-state index is 0.0345. The van der Waals surface area contributed by atoms with Crippen LogP contribution in [0.5, 0.6) is 0 Å². The average Bonchev–Trinajstić information content (AvgIpc) is 2.82. The molecule has 1 heterocycles. The second-order valence-electron chi connectivity index (χ2n) is 5.22. The molecule has 2 aromatic rings. The molecule has 1 aliphatic heterocycles. The van der Waals surface area contributed by atoms with E-state index in [1.165, 1.54) is 11.3 Å². The largest absolute Gasteiger partial charge is 0.362 e. The van der Waals surface area contributed by atoms with Crippen molar-refractivity contribution >= 4 is 17.3 Å². The van der Waals surface area contributed by atoms with Crippen LogP contribution in [0.1, 0.15) is 11.1 Å². The van der Waals surface area contributed by atoms with E-state index in [0.717, 1.165) is 24.2 Å². The lowest BCUT2D eigenvalue weighted by atomic mass is 10.2. The minimum absolute atomic E-state index is 0.0345. The Kier molecular flexibility index (Phi) is 3.42. The number of amides is 1. The van der Waals surface area contributed by atoms with E-state index >= 15 is 0 Å². The van der Waals surface area contributed by atoms with E-state index in [4.69, 9.17) is 0 Å². The molecule has 3 rings (SSSR count). The molecule has 0 unspecified atom stereocenters. The van der Waals surface area contributed by atoms with Gasteiger partial charge >= 0.3 is 0 Å². The maximum atomic E-state index is 12.1. The highest BCUT2D eigenvalue weighted by atomic mass is 16.2. The summed E-state index contributed by atoms with van der Waals surface area (Å²) in [6.45, 7) is 3.35. The van der Waals surface area contributed by atoms with Gasteiger partial charge in [-0.3, -0.25) is 4.79 Å². The van der Waals surface area contributed by atoms with Gasteiger partial charge < -0.3 is 10.2 Å². The summed E-state index contributed by atoms with van der Waals surface area (Å²) in [5, 5.41) is 2.96. The van der Waals surface area contributed by atoms with E-state index in [1.807, 2.05) is 37.3 Å². The van der Waals surface area contributed by atoms with Crippen molar-refractivity contribution in [3.8, 4) is 0 Å². The molecule has 0 radical (unpaired) electrons. The Morgan fingerprint density at radius 1 is 1.20 bits per heavy atom. The summed E-state index contributed by atoms with van der Waals surface area (Å²) in [7, 11) is 0. The monoisotopic (exact) mass is 266 g/mol. The van der Waals surface area contributed by atoms with Crippen LogP contribution in [0, 0.1) is 6.92 Å². The summed E-state index contributed by atoms with van der Waals surface area (Å²) in [4.78, 5) is 14.3. The fraction of sp³-hybridized carbons (Fsp3) is 0.235. The summed E-state index contributed by atoms with van der Waals surface area (Å²) in [5.41, 5.74) is 4.53. The number of anilines is 2. The van der Waals surface area contributed by atoms with Crippen molar-refractivity contribution in [3.05, 3.63) is 59.7 Å². The van der Waals surface area contributed by atoms with Gasteiger partial charge in [-0.05, 0) is 42.7 Å². The van der Waals surface area contributed by atoms with Crippen LogP contribution in [-0.2, 0) is 11.2 Å². The first-order valence-electron chi connectivity index (χ1n) is 6.92. The van der Waals surface area contributed by atoms with Gasteiger partial charge in [0.25, 0.3) is 0 Å². The highest BCUT2D eigenvalue weighted by Gasteiger charge is 2.20. The number of rotatable bonds is 3. The van der Waals surface area contributed by atoms with Gasteiger partial charge in [0.05, 0.1) is 6.54 Å². The molecular formula is C17H18N2O. The molecule has 0 atom stereocenters. The molecule has 0 aromatic heterocycles. The smallest absolute Gasteiger partial charge is 0.243 e. The Bertz CT molecular complexity index is 636. The summed E-state index contributed by atoms with van der Waals surface area (Å²) in [6, 6.07) is 16.2. The normalized spacial score (nSPS) is 13.2. The maximum absolute atomic E-state index is 12.1. The van der Waals surface area contributed by atoms with Crippen molar-refractivity contribution in [2.45, 2.75) is 13.3 Å². The van der Waals surface area contributed by atoms with Crippen LogP contribution in [0.4, 0.5) is 11.4 Å². The summed E-state index contributed by atoms with van der Waals surface area (Å²) < 4.78 is 0. The predicted octanol–water partition coefficient (Wildman–Crippen LogP) is 3.00. The number of hydrogen-bond donors (Lipinski definition) is 1. The molecule has 1 aliphatic rings. The number of benzene rings is 2. The van der Waals surface area contributed by atoms with Crippen LogP contribution in [0.3, 0.4) is 0 Å². The molecular weight excluding hydrogens is 248 g/mol. The zero-order valence-corrected chi connectivity index (χ0v) is 11.6. The number of nitrogens with zero attached hydrogens (tertiary/aromatic N) is 1. The van der Waals surface area contributed by atoms with Crippen LogP contribution in [-0.4, -0.2) is 19.0 Å². The van der Waals surface area contributed by atoms with Gasteiger partial charge in [-0.25, -0.2) is 0 Å². The van der Waals surface area contributed by atoms with Crippen LogP contribution >= 0.6 is 0 Å². The average molecular weight is 266 g/mol. The Hall–Kier alpha value is -2.29. The van der Waals surface area contributed by atoms with E-state index in [0.29, 0.717) is 6.54 Å². The number of carbonyl (C=O) groups excluding carboxylic acids is 1. The molecule has 0 spiro atoms. The van der Waals surface area contributed by atoms with Crippen molar-refractivity contribution in [1.29, 1.82) is 0 Å². The molecule has 20 heavy (non-hydrogen) atoms. The van der Waals surface area contributed by atoms with Crippen molar-refractivity contribution in [1.82, 2.24) is 0 Å². The molecule has 0 saturated heterocycles. The SMILES string of the molecule is Cc1cccc(NC(=O)CN2CCc3ccccc32)c1. The molecule has 3 nitrogen and oxygen atoms in total. The van der Waals surface area contributed by atoms with Gasteiger partial charge in [0.2, 0.25) is 5.91 Å². The molecule has 0 fully saturated rings. The van der Waals surface area contributed by atoms with Gasteiger partial charge in [0, 0.05) is 17.9 Å². The number of aryl methyl sites for hydroxylation is 1. The Labute approximate surface area is 119 Å². The molecule has 0 saturated carbocycles. The molecule has 1 amide bonds. The van der Waals surface area contributed by atoms with Gasteiger partial charge in [-0.2, -0.15) is 0 Å². The lowest BCUT2D eigenvalue weighted by molar-refractivity contribution is -0.115. The van der Waals surface area contributed by atoms with Gasteiger partial charge in [-0.1, -0.05) is 30.3 Å². The first-order chi connectivity index (χ1) is 9.72. The molecule has 0 aliphatic carbocycles. The van der Waals surface area contributed by atoms with Crippen molar-refractivity contribution in [2.75, 3.05) is 23.3 Å². The van der Waals surface area contributed by atoms with Crippen molar-refractivity contribution in [3.63, 3.8) is 0 Å². The van der Waals surface area contributed by atoms with Gasteiger partial charge in [-0.15, -0.1) is 0 Å². The summed E-state index contributed by atoms with van der Waals surface area (Å²) >= 11 is 0. The summed E-state index contributed by atoms with van der Waals surface area (Å²) in [5.74, 6) is 0.0345. The van der Waals surface area contributed by atoms with E-state index in [2.05, 4.69) is 28.4 Å². The first kappa shape index (κ1) is 12.7. The van der Waals surface area contributed by atoms with E-state index in [1.54, 1.807) is 0 Å².